The van der Waals surface area contributed by atoms with Crippen LogP contribution in [-0.4, -0.2) is 23.5 Å². The topological polar surface area (TPSA) is 92.4 Å². The van der Waals surface area contributed by atoms with Gasteiger partial charge >= 0.3 is 5.97 Å². The highest BCUT2D eigenvalue weighted by atomic mass is 16.4. The zero-order chi connectivity index (χ0) is 15.8. The predicted molar refractivity (Wildman–Crippen MR) is 83.5 cm³/mol. The summed E-state index contributed by atoms with van der Waals surface area (Å²) < 4.78 is 0. The highest BCUT2D eigenvalue weighted by Crippen LogP contribution is 2.19. The predicted octanol–water partition coefficient (Wildman–Crippen LogP) is 2.79. The second-order valence-electron chi connectivity index (χ2n) is 5.27. The molecule has 0 radical (unpaired) electrons. The van der Waals surface area contributed by atoms with Crippen LogP contribution in [-0.2, 0) is 4.79 Å². The Morgan fingerprint density at radius 3 is 2.62 bits per heavy atom. The number of benzene rings is 1. The summed E-state index contributed by atoms with van der Waals surface area (Å²) in [5, 5.41) is 11.8. The zero-order valence-electron chi connectivity index (χ0n) is 12.7. The van der Waals surface area contributed by atoms with Gasteiger partial charge in [0.05, 0.1) is 5.56 Å². The fourth-order valence-electron chi connectivity index (χ4n) is 2.23. The number of rotatable bonds is 8. The summed E-state index contributed by atoms with van der Waals surface area (Å²) in [6.07, 6.45) is 3.17. The Balaban J connectivity index is 2.62. The molecular formula is C16H24N2O3. The van der Waals surface area contributed by atoms with Crippen molar-refractivity contribution in [2.45, 2.75) is 39.5 Å². The van der Waals surface area contributed by atoms with Crippen LogP contribution in [0.4, 0.5) is 5.69 Å². The molecule has 0 aliphatic heterocycles. The second-order valence-corrected chi connectivity index (χ2v) is 5.27. The molecule has 1 rings (SSSR count). The average Bonchev–Trinajstić information content (AvgIpc) is 2.45. The molecule has 0 aromatic heterocycles. The maximum absolute atomic E-state index is 12.0. The minimum atomic E-state index is -1.00. The number of nitrogens with two attached hydrogens (primary N) is 1. The van der Waals surface area contributed by atoms with Gasteiger partial charge in [0.1, 0.15) is 0 Å². The minimum Gasteiger partial charge on any atom is -0.478 e. The van der Waals surface area contributed by atoms with E-state index < -0.39 is 5.97 Å². The number of amides is 1. The third-order valence-corrected chi connectivity index (χ3v) is 3.69. The summed E-state index contributed by atoms with van der Waals surface area (Å²) in [5.41, 5.74) is 7.13. The van der Waals surface area contributed by atoms with Crippen LogP contribution < -0.4 is 11.1 Å². The number of carboxylic acid groups (broad SMARTS) is 1. The first-order chi connectivity index (χ1) is 9.97. The Morgan fingerprint density at radius 1 is 1.33 bits per heavy atom. The number of nitrogens with one attached hydrogen (secondary N) is 1. The number of hydrogen-bond donors (Lipinski definition) is 3. The van der Waals surface area contributed by atoms with E-state index in [1.54, 1.807) is 6.07 Å². The van der Waals surface area contributed by atoms with Crippen molar-refractivity contribution in [3.63, 3.8) is 0 Å². The van der Waals surface area contributed by atoms with Crippen molar-refractivity contribution in [2.75, 3.05) is 11.9 Å². The Kier molecular flexibility index (Phi) is 6.88. The molecule has 1 unspecified atom stereocenters. The first-order valence-corrected chi connectivity index (χ1v) is 7.31. The number of aromatic carboxylic acids is 1. The smallest absolute Gasteiger partial charge is 0.335 e. The van der Waals surface area contributed by atoms with Crippen molar-refractivity contribution in [3.8, 4) is 0 Å². The summed E-state index contributed by atoms with van der Waals surface area (Å²) in [5.74, 6) is -0.622. The van der Waals surface area contributed by atoms with E-state index in [2.05, 4.69) is 12.2 Å². The van der Waals surface area contributed by atoms with Gasteiger partial charge in [0.2, 0.25) is 5.91 Å². The molecule has 1 aromatic carbocycles. The number of anilines is 1. The maximum Gasteiger partial charge on any atom is 0.335 e. The van der Waals surface area contributed by atoms with Gasteiger partial charge in [0.25, 0.3) is 0 Å². The van der Waals surface area contributed by atoms with Crippen molar-refractivity contribution < 1.29 is 14.7 Å². The van der Waals surface area contributed by atoms with Crippen molar-refractivity contribution >= 4 is 17.6 Å². The highest BCUT2D eigenvalue weighted by molar-refractivity contribution is 5.94. The number of carbonyl (C=O) groups is 2. The molecule has 0 bridgehead atoms. The van der Waals surface area contributed by atoms with Crippen LogP contribution in [0.25, 0.3) is 0 Å². The molecule has 4 N–H and O–H groups in total. The molecule has 116 valence electrons. The summed E-state index contributed by atoms with van der Waals surface area (Å²) in [6, 6.07) is 4.72. The van der Waals surface area contributed by atoms with E-state index in [0.29, 0.717) is 24.6 Å². The molecule has 0 heterocycles. The Morgan fingerprint density at radius 2 is 2.05 bits per heavy atom. The first-order valence-electron chi connectivity index (χ1n) is 7.31. The van der Waals surface area contributed by atoms with E-state index in [0.717, 1.165) is 24.8 Å². The van der Waals surface area contributed by atoms with Gasteiger partial charge in [-0.25, -0.2) is 4.79 Å². The highest BCUT2D eigenvalue weighted by Gasteiger charge is 2.11. The third-order valence-electron chi connectivity index (χ3n) is 3.69. The van der Waals surface area contributed by atoms with Gasteiger partial charge in [-0.15, -0.1) is 0 Å². The largest absolute Gasteiger partial charge is 0.478 e. The lowest BCUT2D eigenvalue weighted by Gasteiger charge is -2.14. The quantitative estimate of drug-likeness (QED) is 0.687. The van der Waals surface area contributed by atoms with E-state index >= 15 is 0 Å². The summed E-state index contributed by atoms with van der Waals surface area (Å²) in [6.45, 7) is 4.57. The standard InChI is InChI=1S/C16H24N2O3/c1-3-12(8-9-17)5-7-15(19)18-14-10-13(16(20)21)6-4-11(14)2/h4,6,10,12H,3,5,7-9,17H2,1-2H3,(H,18,19)(H,20,21). The van der Waals surface area contributed by atoms with E-state index in [1.807, 2.05) is 6.92 Å². The molecular weight excluding hydrogens is 268 g/mol. The van der Waals surface area contributed by atoms with Crippen molar-refractivity contribution in [1.82, 2.24) is 0 Å². The Hall–Kier alpha value is -1.88. The lowest BCUT2D eigenvalue weighted by Crippen LogP contribution is -2.16. The van der Waals surface area contributed by atoms with Gasteiger partial charge in [-0.1, -0.05) is 19.4 Å². The molecule has 0 aliphatic rings. The van der Waals surface area contributed by atoms with Crippen LogP contribution in [0.1, 0.15) is 48.5 Å². The fourth-order valence-corrected chi connectivity index (χ4v) is 2.23. The molecule has 1 aromatic rings. The molecule has 0 saturated heterocycles. The lowest BCUT2D eigenvalue weighted by molar-refractivity contribution is -0.116. The number of carbonyl (C=O) groups excluding carboxylic acids is 1. The van der Waals surface area contributed by atoms with Crippen molar-refractivity contribution in [2.24, 2.45) is 11.7 Å². The van der Waals surface area contributed by atoms with Gasteiger partial charge in [0, 0.05) is 12.1 Å². The van der Waals surface area contributed by atoms with Crippen LogP contribution in [0.2, 0.25) is 0 Å². The van der Waals surface area contributed by atoms with Gasteiger partial charge in [0.15, 0.2) is 0 Å². The molecule has 21 heavy (non-hydrogen) atoms. The molecule has 1 atom stereocenters. The van der Waals surface area contributed by atoms with Crippen LogP contribution in [0.15, 0.2) is 18.2 Å². The molecule has 5 nitrogen and oxygen atoms in total. The van der Waals surface area contributed by atoms with Gasteiger partial charge in [-0.05, 0) is 49.9 Å². The Bertz CT molecular complexity index is 500. The third kappa shape index (κ3) is 5.55. The minimum absolute atomic E-state index is 0.0869. The SMILES string of the molecule is CCC(CCN)CCC(=O)Nc1cc(C(=O)O)ccc1C. The summed E-state index contributed by atoms with van der Waals surface area (Å²) >= 11 is 0. The maximum atomic E-state index is 12.0. The molecule has 0 aliphatic carbocycles. The van der Waals surface area contributed by atoms with Gasteiger partial charge in [-0.3, -0.25) is 4.79 Å². The average molecular weight is 292 g/mol. The summed E-state index contributed by atoms with van der Waals surface area (Å²) in [4.78, 5) is 22.9. The fraction of sp³-hybridized carbons (Fsp3) is 0.500. The molecule has 1 amide bonds. The van der Waals surface area contributed by atoms with Gasteiger partial charge < -0.3 is 16.2 Å². The van der Waals surface area contributed by atoms with Crippen molar-refractivity contribution in [1.29, 1.82) is 0 Å². The number of carboxylic acids is 1. The monoisotopic (exact) mass is 292 g/mol. The second kappa shape index (κ2) is 8.42. The van der Waals surface area contributed by atoms with E-state index in [9.17, 15) is 9.59 Å². The van der Waals surface area contributed by atoms with E-state index in [1.165, 1.54) is 12.1 Å². The van der Waals surface area contributed by atoms with Crippen LogP contribution in [0.5, 0.6) is 0 Å². The molecule has 0 fully saturated rings. The van der Waals surface area contributed by atoms with Crippen molar-refractivity contribution in [3.05, 3.63) is 29.3 Å². The first kappa shape index (κ1) is 17.2. The van der Waals surface area contributed by atoms with E-state index in [4.69, 9.17) is 10.8 Å². The zero-order valence-corrected chi connectivity index (χ0v) is 12.7. The van der Waals surface area contributed by atoms with Crippen LogP contribution in [0, 0.1) is 12.8 Å². The van der Waals surface area contributed by atoms with Gasteiger partial charge in [-0.2, -0.15) is 0 Å². The molecule has 0 spiro atoms. The molecule has 0 saturated carbocycles. The van der Waals surface area contributed by atoms with Crippen LogP contribution in [0.3, 0.4) is 0 Å². The van der Waals surface area contributed by atoms with Crippen LogP contribution >= 0.6 is 0 Å². The number of hydrogen-bond acceptors (Lipinski definition) is 3. The molecule has 5 heteroatoms. The number of aryl methyl sites for hydroxylation is 1. The lowest BCUT2D eigenvalue weighted by atomic mass is 9.96. The summed E-state index contributed by atoms with van der Waals surface area (Å²) in [7, 11) is 0. The van der Waals surface area contributed by atoms with E-state index in [-0.39, 0.29) is 11.5 Å². The Labute approximate surface area is 125 Å². The normalized spacial score (nSPS) is 12.0.